The van der Waals surface area contributed by atoms with Crippen molar-refractivity contribution in [3.05, 3.63) is 35.9 Å². The number of guanidine groups is 1. The van der Waals surface area contributed by atoms with Gasteiger partial charge in [-0.05, 0) is 12.0 Å². The fourth-order valence-electron chi connectivity index (χ4n) is 1.54. The molecule has 0 fully saturated rings. The van der Waals surface area contributed by atoms with Crippen LogP contribution in [-0.4, -0.2) is 36.2 Å². The molecular weight excluding hydrogens is 232 g/mol. The molecule has 0 amide bonds. The maximum atomic E-state index is 11.1. The number of hydrogen-bond acceptors (Lipinski definition) is 3. The van der Waals surface area contributed by atoms with Crippen LogP contribution in [0.25, 0.3) is 0 Å². The van der Waals surface area contributed by atoms with Gasteiger partial charge in [0, 0.05) is 13.1 Å². The summed E-state index contributed by atoms with van der Waals surface area (Å²) in [6, 6.07) is 8.80. The monoisotopic (exact) mass is 250 g/mol. The standard InChI is InChI=1S/C12H18N4O2/c13-12(14)16-7-6-15-10(11(17)18)8-9-4-2-1-3-5-9/h1-5,10,15H,6-8H2,(H,17,18)(H4,13,14,16)/t10-/m0/s1. The molecule has 0 aromatic heterocycles. The predicted octanol–water partition coefficient (Wildman–Crippen LogP) is -0.245. The first-order valence-corrected chi connectivity index (χ1v) is 5.67. The Morgan fingerprint density at radius 2 is 2.00 bits per heavy atom. The van der Waals surface area contributed by atoms with Crippen LogP contribution in [0.2, 0.25) is 0 Å². The highest BCUT2D eigenvalue weighted by Crippen LogP contribution is 2.03. The van der Waals surface area contributed by atoms with Crippen LogP contribution >= 0.6 is 0 Å². The molecule has 0 radical (unpaired) electrons. The van der Waals surface area contributed by atoms with Gasteiger partial charge in [0.25, 0.3) is 0 Å². The van der Waals surface area contributed by atoms with Crippen LogP contribution in [-0.2, 0) is 11.2 Å². The van der Waals surface area contributed by atoms with E-state index in [0.29, 0.717) is 19.5 Å². The number of carboxylic acids is 1. The molecule has 1 aromatic carbocycles. The van der Waals surface area contributed by atoms with Crippen molar-refractivity contribution < 1.29 is 9.90 Å². The van der Waals surface area contributed by atoms with E-state index in [1.165, 1.54) is 0 Å². The molecule has 0 bridgehead atoms. The van der Waals surface area contributed by atoms with Gasteiger partial charge in [-0.15, -0.1) is 0 Å². The Morgan fingerprint density at radius 3 is 2.56 bits per heavy atom. The highest BCUT2D eigenvalue weighted by Gasteiger charge is 2.16. The third-order valence-electron chi connectivity index (χ3n) is 2.41. The maximum absolute atomic E-state index is 11.1. The molecule has 6 N–H and O–H groups in total. The second-order valence-corrected chi connectivity index (χ2v) is 3.88. The van der Waals surface area contributed by atoms with Crippen molar-refractivity contribution in [2.24, 2.45) is 5.73 Å². The summed E-state index contributed by atoms with van der Waals surface area (Å²) in [7, 11) is 0. The van der Waals surface area contributed by atoms with Crippen LogP contribution in [0.3, 0.4) is 0 Å². The smallest absolute Gasteiger partial charge is 0.321 e. The number of benzene rings is 1. The molecule has 0 aliphatic rings. The molecular formula is C12H18N4O2. The Hall–Kier alpha value is -2.08. The lowest BCUT2D eigenvalue weighted by Crippen LogP contribution is -2.43. The summed E-state index contributed by atoms with van der Waals surface area (Å²) in [5, 5.41) is 21.6. The van der Waals surface area contributed by atoms with E-state index in [1.807, 2.05) is 30.3 Å². The molecule has 1 rings (SSSR count). The Bertz CT molecular complexity index is 394. The van der Waals surface area contributed by atoms with Crippen LogP contribution in [0.5, 0.6) is 0 Å². The second-order valence-electron chi connectivity index (χ2n) is 3.88. The Labute approximate surface area is 106 Å². The van der Waals surface area contributed by atoms with Gasteiger partial charge in [-0.25, -0.2) is 0 Å². The normalized spacial score (nSPS) is 11.8. The van der Waals surface area contributed by atoms with Gasteiger partial charge in [0.1, 0.15) is 6.04 Å². The third kappa shape index (κ3) is 5.31. The average molecular weight is 250 g/mol. The van der Waals surface area contributed by atoms with Crippen LogP contribution in [0.15, 0.2) is 30.3 Å². The molecule has 1 atom stereocenters. The number of carboxylic acid groups (broad SMARTS) is 1. The molecule has 98 valence electrons. The molecule has 0 aliphatic heterocycles. The largest absolute Gasteiger partial charge is 0.480 e. The van der Waals surface area contributed by atoms with E-state index < -0.39 is 12.0 Å². The van der Waals surface area contributed by atoms with E-state index in [-0.39, 0.29) is 5.96 Å². The van der Waals surface area contributed by atoms with Gasteiger partial charge in [0.05, 0.1) is 0 Å². The van der Waals surface area contributed by atoms with Crippen molar-refractivity contribution >= 4 is 11.9 Å². The van der Waals surface area contributed by atoms with Gasteiger partial charge in [0.15, 0.2) is 5.96 Å². The minimum absolute atomic E-state index is 0.119. The lowest BCUT2D eigenvalue weighted by molar-refractivity contribution is -0.139. The zero-order valence-electron chi connectivity index (χ0n) is 10.0. The number of nitrogens with one attached hydrogen (secondary N) is 3. The zero-order valence-corrected chi connectivity index (χ0v) is 10.0. The molecule has 6 nitrogen and oxygen atoms in total. The first-order chi connectivity index (χ1) is 8.59. The number of rotatable bonds is 7. The molecule has 1 aromatic rings. The average Bonchev–Trinajstić information content (AvgIpc) is 2.33. The van der Waals surface area contributed by atoms with Crippen LogP contribution < -0.4 is 16.4 Å². The van der Waals surface area contributed by atoms with Gasteiger partial charge in [-0.2, -0.15) is 0 Å². The molecule has 0 heterocycles. The van der Waals surface area contributed by atoms with Crippen LogP contribution in [0.4, 0.5) is 0 Å². The molecule has 0 saturated carbocycles. The summed E-state index contributed by atoms with van der Waals surface area (Å²) < 4.78 is 0. The van der Waals surface area contributed by atoms with Crippen molar-refractivity contribution in [1.29, 1.82) is 5.41 Å². The van der Waals surface area contributed by atoms with Gasteiger partial charge in [-0.3, -0.25) is 10.2 Å². The van der Waals surface area contributed by atoms with E-state index in [9.17, 15) is 4.79 Å². The minimum Gasteiger partial charge on any atom is -0.480 e. The summed E-state index contributed by atoms with van der Waals surface area (Å²) in [4.78, 5) is 11.1. The lowest BCUT2D eigenvalue weighted by atomic mass is 10.1. The van der Waals surface area contributed by atoms with Crippen LogP contribution in [0.1, 0.15) is 5.56 Å². The topological polar surface area (TPSA) is 111 Å². The first kappa shape index (κ1) is 14.0. The number of carbonyl (C=O) groups is 1. The summed E-state index contributed by atoms with van der Waals surface area (Å²) in [6.45, 7) is 0.858. The van der Waals surface area contributed by atoms with Crippen molar-refractivity contribution in [1.82, 2.24) is 10.6 Å². The Kier molecular flexibility index (Phi) is 5.66. The van der Waals surface area contributed by atoms with E-state index in [0.717, 1.165) is 5.56 Å². The Balaban J connectivity index is 2.41. The van der Waals surface area contributed by atoms with Gasteiger partial charge >= 0.3 is 5.97 Å². The number of aliphatic carboxylic acids is 1. The first-order valence-electron chi connectivity index (χ1n) is 5.67. The van der Waals surface area contributed by atoms with Crippen molar-refractivity contribution in [2.75, 3.05) is 13.1 Å². The molecule has 18 heavy (non-hydrogen) atoms. The molecule has 0 unspecified atom stereocenters. The van der Waals surface area contributed by atoms with E-state index in [4.69, 9.17) is 16.2 Å². The minimum atomic E-state index is -0.887. The number of nitrogens with two attached hydrogens (primary N) is 1. The molecule has 0 saturated heterocycles. The molecule has 0 spiro atoms. The predicted molar refractivity (Wildman–Crippen MR) is 69.5 cm³/mol. The van der Waals surface area contributed by atoms with Gasteiger partial charge in [-0.1, -0.05) is 30.3 Å². The maximum Gasteiger partial charge on any atom is 0.321 e. The highest BCUT2D eigenvalue weighted by molar-refractivity contribution is 5.74. The summed E-state index contributed by atoms with van der Waals surface area (Å²) in [5.74, 6) is -1.01. The summed E-state index contributed by atoms with van der Waals surface area (Å²) >= 11 is 0. The molecule has 0 aliphatic carbocycles. The van der Waals surface area contributed by atoms with Gasteiger partial charge in [0.2, 0.25) is 0 Å². The zero-order chi connectivity index (χ0) is 13.4. The van der Waals surface area contributed by atoms with Crippen molar-refractivity contribution in [2.45, 2.75) is 12.5 Å². The van der Waals surface area contributed by atoms with Crippen molar-refractivity contribution in [3.63, 3.8) is 0 Å². The fourth-order valence-corrected chi connectivity index (χ4v) is 1.54. The summed E-state index contributed by atoms with van der Waals surface area (Å²) in [6.07, 6.45) is 0.427. The van der Waals surface area contributed by atoms with E-state index in [2.05, 4.69) is 10.6 Å². The fraction of sp³-hybridized carbons (Fsp3) is 0.333. The highest BCUT2D eigenvalue weighted by atomic mass is 16.4. The SMILES string of the molecule is N=C(N)NCCN[C@@H](Cc1ccccc1)C(=O)O. The molecule has 6 heteroatoms. The quantitative estimate of drug-likeness (QED) is 0.260. The van der Waals surface area contributed by atoms with E-state index >= 15 is 0 Å². The van der Waals surface area contributed by atoms with Crippen molar-refractivity contribution in [3.8, 4) is 0 Å². The van der Waals surface area contributed by atoms with Gasteiger partial charge < -0.3 is 21.5 Å². The number of hydrogen-bond donors (Lipinski definition) is 5. The second kappa shape index (κ2) is 7.29. The lowest BCUT2D eigenvalue weighted by Gasteiger charge is -2.14. The third-order valence-corrected chi connectivity index (χ3v) is 2.41. The summed E-state index contributed by atoms with van der Waals surface area (Å²) in [5.41, 5.74) is 6.09. The Morgan fingerprint density at radius 1 is 1.33 bits per heavy atom. The van der Waals surface area contributed by atoms with Crippen LogP contribution in [0, 0.1) is 5.41 Å². The van der Waals surface area contributed by atoms with E-state index in [1.54, 1.807) is 0 Å².